The number of ether oxygens (including phenoxy) is 1. The van der Waals surface area contributed by atoms with Crippen LogP contribution >= 0.6 is 0 Å². The van der Waals surface area contributed by atoms with E-state index in [1.165, 1.54) is 30.7 Å². The molecule has 0 aliphatic rings. The molecule has 1 amide bonds. The number of esters is 1. The van der Waals surface area contributed by atoms with E-state index in [1.54, 1.807) is 66.7 Å². The highest BCUT2D eigenvalue weighted by molar-refractivity contribution is 6.05. The minimum atomic E-state index is -4.63. The normalized spacial score (nSPS) is 11.6. The predicted molar refractivity (Wildman–Crippen MR) is 143 cm³/mol. The third-order valence-electron chi connectivity index (χ3n) is 5.81. The van der Waals surface area contributed by atoms with Crippen molar-refractivity contribution in [3.63, 3.8) is 0 Å². The summed E-state index contributed by atoms with van der Waals surface area (Å²) in [7, 11) is 0. The second-order valence-electron chi connectivity index (χ2n) is 8.53. The molecule has 40 heavy (non-hydrogen) atoms. The Morgan fingerprint density at radius 1 is 0.925 bits per heavy atom. The van der Waals surface area contributed by atoms with Gasteiger partial charge in [0.2, 0.25) is 0 Å². The monoisotopic (exact) mass is 543 g/mol. The van der Waals surface area contributed by atoms with E-state index in [1.807, 2.05) is 0 Å². The number of pyridine rings is 1. The van der Waals surface area contributed by atoms with Gasteiger partial charge in [-0.05, 0) is 48.0 Å². The number of aromatic nitrogens is 1. The van der Waals surface area contributed by atoms with Crippen LogP contribution in [0.15, 0.2) is 113 Å². The zero-order chi connectivity index (χ0) is 28.1. The van der Waals surface area contributed by atoms with Crippen LogP contribution in [0, 0.1) is 0 Å². The number of anilines is 1. The Bertz CT molecular complexity index is 1680. The number of alkyl halides is 3. The van der Waals surface area contributed by atoms with E-state index in [9.17, 15) is 22.8 Å². The summed E-state index contributed by atoms with van der Waals surface area (Å²) in [4.78, 5) is 30.9. The van der Waals surface area contributed by atoms with Gasteiger partial charge in [0, 0.05) is 5.39 Å². The zero-order valence-electron chi connectivity index (χ0n) is 20.7. The summed E-state index contributed by atoms with van der Waals surface area (Å²) in [6, 6.07) is 24.6. The van der Waals surface area contributed by atoms with Gasteiger partial charge in [0.1, 0.15) is 5.69 Å². The fourth-order valence-electron chi connectivity index (χ4n) is 3.91. The summed E-state index contributed by atoms with van der Waals surface area (Å²) >= 11 is 0. The lowest BCUT2D eigenvalue weighted by Gasteiger charge is -2.19. The molecule has 0 aliphatic heterocycles. The summed E-state index contributed by atoms with van der Waals surface area (Å²) in [5.74, 6) is -1.25. The molecule has 200 valence electrons. The van der Waals surface area contributed by atoms with Crippen molar-refractivity contribution in [1.82, 2.24) is 4.98 Å². The molecule has 5 aromatic rings. The minimum Gasteiger partial charge on any atom is -0.463 e. The van der Waals surface area contributed by atoms with E-state index < -0.39 is 30.2 Å². The van der Waals surface area contributed by atoms with Crippen LogP contribution in [0.4, 0.5) is 18.9 Å². The number of carbonyl (C=O) groups is 2. The van der Waals surface area contributed by atoms with Crippen LogP contribution in [0.1, 0.15) is 21.5 Å². The average molecular weight is 544 g/mol. The van der Waals surface area contributed by atoms with Gasteiger partial charge in [0.25, 0.3) is 5.91 Å². The summed E-state index contributed by atoms with van der Waals surface area (Å²) in [6.45, 7) is -0.784. The van der Waals surface area contributed by atoms with Crippen LogP contribution in [0.3, 0.4) is 0 Å². The molecular formula is C30H20F3N3O4. The van der Waals surface area contributed by atoms with Gasteiger partial charge in [-0.1, -0.05) is 54.6 Å². The standard InChI is InChI=1S/C30H20F3N3O4/c31-30(32,33)21-10-6-11-22(16-21)36(34-18-20-8-2-1-3-9-20)28(37)19-40-29(38)24-17-26(27-14-7-15-39-27)35-25-13-5-4-12-23(24)25/h1-18H,19H2/b34-18+. The number of rotatable bonds is 7. The highest BCUT2D eigenvalue weighted by Crippen LogP contribution is 2.32. The highest BCUT2D eigenvalue weighted by atomic mass is 19.4. The minimum absolute atomic E-state index is 0.141. The molecule has 0 aliphatic carbocycles. The van der Waals surface area contributed by atoms with Gasteiger partial charge in [-0.2, -0.15) is 23.3 Å². The molecule has 0 spiro atoms. The Labute approximate surface area is 226 Å². The second kappa shape index (κ2) is 11.2. The third-order valence-corrected chi connectivity index (χ3v) is 5.81. The number of amides is 1. The van der Waals surface area contributed by atoms with E-state index in [4.69, 9.17) is 9.15 Å². The van der Waals surface area contributed by atoms with Crippen LogP contribution in [-0.2, 0) is 15.7 Å². The summed E-state index contributed by atoms with van der Waals surface area (Å²) in [5, 5.41) is 5.38. The second-order valence-corrected chi connectivity index (χ2v) is 8.53. The first-order valence-corrected chi connectivity index (χ1v) is 12.0. The lowest BCUT2D eigenvalue weighted by atomic mass is 10.1. The number of hydrogen-bond donors (Lipinski definition) is 0. The molecule has 0 saturated carbocycles. The number of halogens is 3. The van der Waals surface area contributed by atoms with Gasteiger partial charge >= 0.3 is 12.1 Å². The number of hydrogen-bond acceptors (Lipinski definition) is 6. The van der Waals surface area contributed by atoms with Gasteiger partial charge in [-0.25, -0.2) is 9.78 Å². The van der Waals surface area contributed by atoms with E-state index >= 15 is 0 Å². The van der Waals surface area contributed by atoms with E-state index in [0.717, 1.165) is 17.1 Å². The van der Waals surface area contributed by atoms with Crippen molar-refractivity contribution in [1.29, 1.82) is 0 Å². The molecule has 0 N–H and O–H groups in total. The fraction of sp³-hybridized carbons (Fsp3) is 0.0667. The van der Waals surface area contributed by atoms with Crippen LogP contribution in [0.25, 0.3) is 22.4 Å². The molecule has 0 saturated heterocycles. The number of hydrazone groups is 1. The van der Waals surface area contributed by atoms with Crippen molar-refractivity contribution < 1.29 is 31.9 Å². The smallest absolute Gasteiger partial charge is 0.416 e. The lowest BCUT2D eigenvalue weighted by molar-refractivity contribution is -0.137. The first-order valence-electron chi connectivity index (χ1n) is 12.0. The number of carbonyl (C=O) groups excluding carboxylic acids is 2. The lowest BCUT2D eigenvalue weighted by Crippen LogP contribution is -2.31. The number of benzene rings is 3. The molecule has 10 heteroatoms. The number of para-hydroxylation sites is 1. The molecule has 0 fully saturated rings. The maximum Gasteiger partial charge on any atom is 0.416 e. The van der Waals surface area contributed by atoms with Gasteiger partial charge < -0.3 is 9.15 Å². The van der Waals surface area contributed by atoms with Crippen molar-refractivity contribution in [3.05, 3.63) is 120 Å². The molecular weight excluding hydrogens is 523 g/mol. The Morgan fingerprint density at radius 3 is 2.45 bits per heavy atom. The van der Waals surface area contributed by atoms with Crippen LogP contribution in [-0.4, -0.2) is 29.7 Å². The molecule has 0 radical (unpaired) electrons. The van der Waals surface area contributed by atoms with Gasteiger partial charge in [0.15, 0.2) is 12.4 Å². The Morgan fingerprint density at radius 2 is 1.70 bits per heavy atom. The highest BCUT2D eigenvalue weighted by Gasteiger charge is 2.31. The first kappa shape index (κ1) is 26.4. The molecule has 2 aromatic heterocycles. The molecule has 0 unspecified atom stereocenters. The SMILES string of the molecule is O=C(OCC(=O)N(/N=C/c1ccccc1)c1cccc(C(F)(F)F)c1)c1cc(-c2ccco2)nc2ccccc12. The van der Waals surface area contributed by atoms with Crippen molar-refractivity contribution in [3.8, 4) is 11.5 Å². The third kappa shape index (κ3) is 5.91. The van der Waals surface area contributed by atoms with Crippen LogP contribution in [0.2, 0.25) is 0 Å². The van der Waals surface area contributed by atoms with E-state index in [2.05, 4.69) is 10.1 Å². The Kier molecular flexibility index (Phi) is 7.41. The summed E-state index contributed by atoms with van der Waals surface area (Å²) < 4.78 is 50.8. The Hall–Kier alpha value is -5.25. The van der Waals surface area contributed by atoms with Crippen LogP contribution < -0.4 is 5.01 Å². The largest absolute Gasteiger partial charge is 0.463 e. The van der Waals surface area contributed by atoms with Gasteiger partial charge in [0.05, 0.1) is 34.8 Å². The Balaban J connectivity index is 1.43. The maximum atomic E-state index is 13.4. The number of fused-ring (bicyclic) bond motifs is 1. The summed E-state index contributed by atoms with van der Waals surface area (Å²) in [5.41, 5.74) is 0.551. The molecule has 3 aromatic carbocycles. The predicted octanol–water partition coefficient (Wildman–Crippen LogP) is 6.74. The van der Waals surface area contributed by atoms with E-state index in [0.29, 0.717) is 27.9 Å². The first-order chi connectivity index (χ1) is 19.3. The quantitative estimate of drug-likeness (QED) is 0.129. The van der Waals surface area contributed by atoms with Crippen molar-refractivity contribution in [2.24, 2.45) is 5.10 Å². The topological polar surface area (TPSA) is 85.0 Å². The maximum absolute atomic E-state index is 13.4. The molecule has 2 heterocycles. The number of furan rings is 1. The molecule has 5 rings (SSSR count). The molecule has 0 bridgehead atoms. The molecule has 0 atom stereocenters. The zero-order valence-corrected chi connectivity index (χ0v) is 20.7. The fourth-order valence-corrected chi connectivity index (χ4v) is 3.91. The average Bonchev–Trinajstić information content (AvgIpc) is 3.51. The summed E-state index contributed by atoms with van der Waals surface area (Å²) in [6.07, 6.45) is -1.83. The van der Waals surface area contributed by atoms with Crippen molar-refractivity contribution in [2.75, 3.05) is 11.6 Å². The van der Waals surface area contributed by atoms with Gasteiger partial charge in [-0.15, -0.1) is 0 Å². The number of nitrogens with zero attached hydrogens (tertiary/aromatic N) is 3. The van der Waals surface area contributed by atoms with Gasteiger partial charge in [-0.3, -0.25) is 4.79 Å². The molecule has 7 nitrogen and oxygen atoms in total. The van der Waals surface area contributed by atoms with Crippen molar-refractivity contribution >= 4 is 34.7 Å². The van der Waals surface area contributed by atoms with E-state index in [-0.39, 0.29) is 11.3 Å². The van der Waals surface area contributed by atoms with Crippen LogP contribution in [0.5, 0.6) is 0 Å². The van der Waals surface area contributed by atoms with Crippen molar-refractivity contribution in [2.45, 2.75) is 6.18 Å².